The van der Waals surface area contributed by atoms with Crippen LogP contribution in [0.4, 0.5) is 11.4 Å². The molecule has 1 aliphatic heterocycles. The van der Waals surface area contributed by atoms with Crippen LogP contribution in [-0.4, -0.2) is 43.0 Å². The Morgan fingerprint density at radius 3 is 2.30 bits per heavy atom. The second kappa shape index (κ2) is 8.96. The Bertz CT molecular complexity index is 1240. The normalized spacial score (nSPS) is 17.3. The summed E-state index contributed by atoms with van der Waals surface area (Å²) in [6, 6.07) is 14.6. The Kier molecular flexibility index (Phi) is 6.07. The zero-order valence-corrected chi connectivity index (χ0v) is 19.1. The number of halogens is 1. The van der Waals surface area contributed by atoms with Gasteiger partial charge in [-0.15, -0.1) is 0 Å². The molecule has 7 nitrogen and oxygen atoms in total. The van der Waals surface area contributed by atoms with Gasteiger partial charge in [-0.05, 0) is 60.2 Å². The monoisotopic (exact) mass is 463 g/mol. The number of ether oxygens (including phenoxy) is 1. The van der Waals surface area contributed by atoms with Gasteiger partial charge in [-0.2, -0.15) is 0 Å². The summed E-state index contributed by atoms with van der Waals surface area (Å²) in [7, 11) is 5.31. The third-order valence-electron chi connectivity index (χ3n) is 5.54. The average molecular weight is 464 g/mol. The summed E-state index contributed by atoms with van der Waals surface area (Å²) < 4.78 is 5.17. The summed E-state index contributed by atoms with van der Waals surface area (Å²) in [5.74, 6) is -1.39. The average Bonchev–Trinajstić information content (AvgIpc) is 3.09. The maximum Gasteiger partial charge on any atom is 0.300 e. The van der Waals surface area contributed by atoms with E-state index in [2.05, 4.69) is 4.98 Å². The molecular formula is C25H22ClN3O4. The molecule has 168 valence electrons. The van der Waals surface area contributed by atoms with Gasteiger partial charge < -0.3 is 14.7 Å². The number of pyridine rings is 1. The van der Waals surface area contributed by atoms with E-state index in [-0.39, 0.29) is 16.4 Å². The number of rotatable bonds is 5. The number of aliphatic hydroxyl groups excluding tert-OH is 1. The molecular weight excluding hydrogens is 442 g/mol. The number of ketones is 1. The number of hydrogen-bond donors (Lipinski definition) is 1. The van der Waals surface area contributed by atoms with Gasteiger partial charge in [0.25, 0.3) is 11.7 Å². The Balaban J connectivity index is 1.89. The molecule has 2 heterocycles. The van der Waals surface area contributed by atoms with Crippen LogP contribution in [0.15, 0.2) is 72.6 Å². The first kappa shape index (κ1) is 22.4. The first-order valence-electron chi connectivity index (χ1n) is 10.2. The van der Waals surface area contributed by atoms with Crippen LogP contribution in [0.1, 0.15) is 17.2 Å². The number of amides is 1. The Morgan fingerprint density at radius 2 is 1.73 bits per heavy atom. The van der Waals surface area contributed by atoms with Crippen molar-refractivity contribution in [3.63, 3.8) is 0 Å². The van der Waals surface area contributed by atoms with E-state index in [4.69, 9.17) is 16.3 Å². The van der Waals surface area contributed by atoms with Crippen molar-refractivity contribution in [2.75, 3.05) is 31.0 Å². The molecule has 0 bridgehead atoms. The van der Waals surface area contributed by atoms with Crippen molar-refractivity contribution < 1.29 is 19.4 Å². The van der Waals surface area contributed by atoms with Crippen LogP contribution >= 0.6 is 11.6 Å². The molecule has 3 aromatic rings. The van der Waals surface area contributed by atoms with Gasteiger partial charge in [0.15, 0.2) is 0 Å². The largest absolute Gasteiger partial charge is 0.507 e. The van der Waals surface area contributed by atoms with Crippen molar-refractivity contribution in [2.45, 2.75) is 6.04 Å². The Hall–Kier alpha value is -3.84. The SMILES string of the molecule is COc1ccc(/C(O)=C2/C(=O)C(=O)N(c3ccc(N(C)C)cc3)C2c2ccncc2)cc1Cl. The van der Waals surface area contributed by atoms with Gasteiger partial charge >= 0.3 is 0 Å². The minimum absolute atomic E-state index is 0.0240. The molecule has 0 aliphatic carbocycles. The lowest BCUT2D eigenvalue weighted by atomic mass is 9.95. The lowest BCUT2D eigenvalue weighted by Gasteiger charge is -2.26. The van der Waals surface area contributed by atoms with Crippen molar-refractivity contribution in [3.05, 3.63) is 88.7 Å². The number of anilines is 2. The van der Waals surface area contributed by atoms with Crippen molar-refractivity contribution in [2.24, 2.45) is 0 Å². The first-order valence-corrected chi connectivity index (χ1v) is 10.5. The second-order valence-electron chi connectivity index (χ2n) is 7.71. The van der Waals surface area contributed by atoms with E-state index in [0.29, 0.717) is 22.6 Å². The summed E-state index contributed by atoms with van der Waals surface area (Å²) >= 11 is 6.23. The highest BCUT2D eigenvalue weighted by Gasteiger charge is 2.47. The summed E-state index contributed by atoms with van der Waals surface area (Å²) in [5, 5.41) is 11.4. The molecule has 0 spiro atoms. The van der Waals surface area contributed by atoms with Crippen molar-refractivity contribution in [1.29, 1.82) is 0 Å². The Labute approximate surface area is 196 Å². The fraction of sp³-hybridized carbons (Fsp3) is 0.160. The summed E-state index contributed by atoms with van der Waals surface area (Å²) in [6.45, 7) is 0. The van der Waals surface area contributed by atoms with Gasteiger partial charge in [-0.3, -0.25) is 19.5 Å². The van der Waals surface area contributed by atoms with E-state index in [1.807, 2.05) is 31.1 Å². The number of Topliss-reactive ketones (excluding diaryl/α,β-unsaturated/α-hetero) is 1. The van der Waals surface area contributed by atoms with E-state index in [1.165, 1.54) is 18.1 Å². The number of carbonyl (C=O) groups excluding carboxylic acids is 2. The molecule has 1 aromatic heterocycles. The lowest BCUT2D eigenvalue weighted by Crippen LogP contribution is -2.29. The molecule has 0 saturated carbocycles. The van der Waals surface area contributed by atoms with E-state index < -0.39 is 17.7 Å². The van der Waals surface area contributed by atoms with Gasteiger partial charge in [0.2, 0.25) is 0 Å². The summed E-state index contributed by atoms with van der Waals surface area (Å²) in [6.07, 6.45) is 3.16. The number of nitrogens with zero attached hydrogens (tertiary/aromatic N) is 3. The quantitative estimate of drug-likeness (QED) is 0.342. The molecule has 1 aliphatic rings. The van der Waals surface area contributed by atoms with Gasteiger partial charge in [0.1, 0.15) is 11.5 Å². The van der Waals surface area contributed by atoms with Crippen LogP contribution in [0.2, 0.25) is 5.02 Å². The van der Waals surface area contributed by atoms with Crippen LogP contribution in [-0.2, 0) is 9.59 Å². The third-order valence-corrected chi connectivity index (χ3v) is 5.83. The van der Waals surface area contributed by atoms with Gasteiger partial charge in [-0.1, -0.05) is 11.6 Å². The fourth-order valence-corrected chi connectivity index (χ4v) is 4.10. The highest BCUT2D eigenvalue weighted by Crippen LogP contribution is 2.42. The van der Waals surface area contributed by atoms with Crippen molar-refractivity contribution in [1.82, 2.24) is 4.98 Å². The molecule has 8 heteroatoms. The van der Waals surface area contributed by atoms with Crippen molar-refractivity contribution in [3.8, 4) is 5.75 Å². The molecule has 1 saturated heterocycles. The maximum absolute atomic E-state index is 13.2. The maximum atomic E-state index is 13.2. The number of aliphatic hydroxyl groups is 1. The van der Waals surface area contributed by atoms with Gasteiger partial charge in [0.05, 0.1) is 23.7 Å². The molecule has 1 unspecified atom stereocenters. The van der Waals surface area contributed by atoms with Gasteiger partial charge in [0, 0.05) is 43.4 Å². The second-order valence-corrected chi connectivity index (χ2v) is 8.12. The highest BCUT2D eigenvalue weighted by atomic mass is 35.5. The molecule has 1 amide bonds. The smallest absolute Gasteiger partial charge is 0.300 e. The number of methoxy groups -OCH3 is 1. The minimum atomic E-state index is -0.834. The molecule has 0 radical (unpaired) electrons. The number of hydrogen-bond acceptors (Lipinski definition) is 6. The predicted octanol–water partition coefficient (Wildman–Crippen LogP) is 4.44. The van der Waals surface area contributed by atoms with Crippen LogP contribution in [0.3, 0.4) is 0 Å². The molecule has 2 aromatic carbocycles. The topological polar surface area (TPSA) is 83.0 Å². The molecule has 1 fully saturated rings. The zero-order chi connectivity index (χ0) is 23.7. The number of carbonyl (C=O) groups is 2. The summed E-state index contributed by atoms with van der Waals surface area (Å²) in [5.41, 5.74) is 2.41. The number of aromatic nitrogens is 1. The molecule has 33 heavy (non-hydrogen) atoms. The van der Waals surface area contributed by atoms with Crippen LogP contribution in [0.5, 0.6) is 5.75 Å². The first-order chi connectivity index (χ1) is 15.8. The molecule has 4 rings (SSSR count). The van der Waals surface area contributed by atoms with E-state index in [9.17, 15) is 14.7 Å². The zero-order valence-electron chi connectivity index (χ0n) is 18.3. The third kappa shape index (κ3) is 4.03. The van der Waals surface area contributed by atoms with E-state index in [1.54, 1.807) is 48.8 Å². The van der Waals surface area contributed by atoms with Crippen molar-refractivity contribution >= 4 is 40.4 Å². The predicted molar refractivity (Wildman–Crippen MR) is 128 cm³/mol. The van der Waals surface area contributed by atoms with Crippen LogP contribution in [0.25, 0.3) is 5.76 Å². The minimum Gasteiger partial charge on any atom is -0.507 e. The van der Waals surface area contributed by atoms with Crippen LogP contribution in [0, 0.1) is 0 Å². The highest BCUT2D eigenvalue weighted by molar-refractivity contribution is 6.51. The molecule has 1 N–H and O–H groups in total. The summed E-state index contributed by atoms with van der Waals surface area (Å²) in [4.78, 5) is 33.7. The van der Waals surface area contributed by atoms with E-state index in [0.717, 1.165) is 5.69 Å². The van der Waals surface area contributed by atoms with Crippen LogP contribution < -0.4 is 14.5 Å². The standard InChI is InChI=1S/C25H22ClN3O4/c1-28(2)17-5-7-18(8-6-17)29-22(15-10-12-27-13-11-15)21(24(31)25(29)32)23(30)16-4-9-20(33-3)19(26)14-16/h4-14,22,30H,1-3H3/b23-21-. The Morgan fingerprint density at radius 1 is 1.06 bits per heavy atom. The lowest BCUT2D eigenvalue weighted by molar-refractivity contribution is -0.132. The van der Waals surface area contributed by atoms with E-state index >= 15 is 0 Å². The molecule has 1 atom stereocenters. The van der Waals surface area contributed by atoms with Gasteiger partial charge in [-0.25, -0.2) is 0 Å². The number of benzene rings is 2. The fourth-order valence-electron chi connectivity index (χ4n) is 3.84.